The highest BCUT2D eigenvalue weighted by atomic mass is 14.5. The van der Waals surface area contributed by atoms with Gasteiger partial charge in [-0.05, 0) is 67.3 Å². The van der Waals surface area contributed by atoms with E-state index in [9.17, 15) is 0 Å². The van der Waals surface area contributed by atoms with E-state index < -0.39 is 0 Å². The lowest BCUT2D eigenvalue weighted by Gasteiger charge is -2.20. The average molecular weight is 269 g/mol. The second kappa shape index (κ2) is 6.41. The fraction of sp³-hybridized carbons (Fsp3) is 0.474. The largest absolute Gasteiger partial charge is 0.330 e. The van der Waals surface area contributed by atoms with Crippen molar-refractivity contribution in [2.45, 2.75) is 46.5 Å². The quantitative estimate of drug-likeness (QED) is 0.808. The van der Waals surface area contributed by atoms with Crippen LogP contribution in [0.2, 0.25) is 0 Å². The molecule has 1 aliphatic carbocycles. The van der Waals surface area contributed by atoms with Gasteiger partial charge in [-0.1, -0.05) is 49.8 Å². The van der Waals surface area contributed by atoms with E-state index in [1.54, 1.807) is 0 Å². The molecule has 0 amide bonds. The van der Waals surface area contributed by atoms with Gasteiger partial charge in [0.2, 0.25) is 0 Å². The van der Waals surface area contributed by atoms with Gasteiger partial charge in [0.25, 0.3) is 0 Å². The first-order chi connectivity index (χ1) is 9.60. The molecule has 1 aromatic rings. The van der Waals surface area contributed by atoms with Crippen molar-refractivity contribution in [1.82, 2.24) is 0 Å². The summed E-state index contributed by atoms with van der Waals surface area (Å²) in [6, 6.07) is 8.88. The van der Waals surface area contributed by atoms with Crippen molar-refractivity contribution in [3.8, 4) is 0 Å². The Morgan fingerprint density at radius 1 is 1.20 bits per heavy atom. The van der Waals surface area contributed by atoms with Crippen molar-refractivity contribution in [1.29, 1.82) is 0 Å². The Bertz CT molecular complexity index is 536. The van der Waals surface area contributed by atoms with Gasteiger partial charge in [0, 0.05) is 0 Å². The summed E-state index contributed by atoms with van der Waals surface area (Å²) in [6.07, 6.45) is 4.60. The van der Waals surface area contributed by atoms with Gasteiger partial charge in [-0.2, -0.15) is 0 Å². The number of nitrogens with two attached hydrogens (primary N) is 1. The number of allylic oxidation sites excluding steroid dienone is 4. The molecule has 0 aromatic heterocycles. The molecule has 0 aliphatic heterocycles. The molecule has 1 aliphatic rings. The predicted octanol–water partition coefficient (Wildman–Crippen LogP) is 4.90. The minimum absolute atomic E-state index is 0.563. The van der Waals surface area contributed by atoms with Crippen LogP contribution < -0.4 is 5.73 Å². The van der Waals surface area contributed by atoms with Gasteiger partial charge >= 0.3 is 0 Å². The second-order valence-electron chi connectivity index (χ2n) is 5.97. The second-order valence-corrected chi connectivity index (χ2v) is 5.97. The van der Waals surface area contributed by atoms with Crippen LogP contribution in [0.3, 0.4) is 0 Å². The van der Waals surface area contributed by atoms with E-state index in [1.807, 2.05) is 0 Å². The van der Waals surface area contributed by atoms with Crippen LogP contribution >= 0.6 is 0 Å². The summed E-state index contributed by atoms with van der Waals surface area (Å²) < 4.78 is 0. The third-order valence-corrected chi connectivity index (χ3v) is 4.65. The molecule has 0 bridgehead atoms. The molecule has 1 aromatic carbocycles. The third kappa shape index (κ3) is 2.73. The van der Waals surface area contributed by atoms with Crippen LogP contribution in [0.15, 0.2) is 41.5 Å². The van der Waals surface area contributed by atoms with Crippen molar-refractivity contribution < 1.29 is 0 Å². The summed E-state index contributed by atoms with van der Waals surface area (Å²) in [5.41, 5.74) is 13.1. The molecule has 0 spiro atoms. The lowest BCUT2D eigenvalue weighted by Crippen LogP contribution is -2.09. The molecule has 0 heterocycles. The first kappa shape index (κ1) is 15.1. The van der Waals surface area contributed by atoms with Crippen LogP contribution in [0, 0.1) is 5.92 Å². The lowest BCUT2D eigenvalue weighted by atomic mass is 9.84. The summed E-state index contributed by atoms with van der Waals surface area (Å²) in [6.45, 7) is 9.82. The van der Waals surface area contributed by atoms with Crippen LogP contribution in [-0.4, -0.2) is 6.54 Å². The maximum atomic E-state index is 5.80. The van der Waals surface area contributed by atoms with Crippen LogP contribution in [0.1, 0.15) is 57.6 Å². The van der Waals surface area contributed by atoms with Crippen molar-refractivity contribution in [2.75, 3.05) is 6.54 Å². The first-order valence-corrected chi connectivity index (χ1v) is 7.79. The van der Waals surface area contributed by atoms with Crippen LogP contribution in [0.5, 0.6) is 0 Å². The van der Waals surface area contributed by atoms with E-state index in [4.69, 9.17) is 5.73 Å². The van der Waals surface area contributed by atoms with E-state index in [1.165, 1.54) is 27.8 Å². The van der Waals surface area contributed by atoms with Crippen LogP contribution in [-0.2, 0) is 0 Å². The van der Waals surface area contributed by atoms with Crippen molar-refractivity contribution in [3.05, 3.63) is 52.6 Å². The maximum absolute atomic E-state index is 5.80. The zero-order chi connectivity index (χ0) is 14.7. The Kier molecular flexibility index (Phi) is 4.82. The molecule has 1 nitrogen and oxygen atoms in total. The molecule has 2 rings (SSSR count). The summed E-state index contributed by atoms with van der Waals surface area (Å²) in [5, 5.41) is 0. The normalized spacial score (nSPS) is 20.2. The smallest absolute Gasteiger partial charge is 0.00392 e. The fourth-order valence-corrected chi connectivity index (χ4v) is 3.41. The summed E-state index contributed by atoms with van der Waals surface area (Å²) >= 11 is 0. The Hall–Kier alpha value is -1.34. The molecule has 108 valence electrons. The first-order valence-electron chi connectivity index (χ1n) is 7.79. The van der Waals surface area contributed by atoms with Gasteiger partial charge in [-0.3, -0.25) is 0 Å². The van der Waals surface area contributed by atoms with E-state index in [0.29, 0.717) is 11.8 Å². The molecule has 2 N–H and O–H groups in total. The molecule has 20 heavy (non-hydrogen) atoms. The molecular weight excluding hydrogens is 242 g/mol. The molecule has 2 unspecified atom stereocenters. The molecule has 0 radical (unpaired) electrons. The fourth-order valence-electron chi connectivity index (χ4n) is 3.41. The number of hydrogen-bond acceptors (Lipinski definition) is 1. The molecule has 2 atom stereocenters. The average Bonchev–Trinajstić information content (AvgIpc) is 2.70. The summed E-state index contributed by atoms with van der Waals surface area (Å²) in [5.74, 6) is 1.13. The molecule has 0 saturated heterocycles. The Morgan fingerprint density at radius 2 is 1.90 bits per heavy atom. The Morgan fingerprint density at radius 3 is 2.45 bits per heavy atom. The highest BCUT2D eigenvalue weighted by Gasteiger charge is 2.22. The highest BCUT2D eigenvalue weighted by molar-refractivity contribution is 5.85. The number of hydrogen-bond donors (Lipinski definition) is 1. The third-order valence-electron chi connectivity index (χ3n) is 4.65. The zero-order valence-corrected chi connectivity index (χ0v) is 13.2. The van der Waals surface area contributed by atoms with Gasteiger partial charge in [0.15, 0.2) is 0 Å². The van der Waals surface area contributed by atoms with Crippen LogP contribution in [0.25, 0.3) is 5.57 Å². The van der Waals surface area contributed by atoms with Gasteiger partial charge in [0.05, 0.1) is 0 Å². The maximum Gasteiger partial charge on any atom is -0.00392 e. The predicted molar refractivity (Wildman–Crippen MR) is 88.7 cm³/mol. The Labute approximate surface area is 123 Å². The van der Waals surface area contributed by atoms with Gasteiger partial charge in [-0.25, -0.2) is 0 Å². The Balaban J connectivity index is 2.51. The molecule has 0 saturated carbocycles. The SMILES string of the molecule is CCC(CCN)c1ccccc1C1=C(C)C(C)C=C1C. The lowest BCUT2D eigenvalue weighted by molar-refractivity contribution is 0.613. The topological polar surface area (TPSA) is 26.0 Å². The van der Waals surface area contributed by atoms with E-state index in [0.717, 1.165) is 19.4 Å². The van der Waals surface area contributed by atoms with Gasteiger partial charge in [0.1, 0.15) is 0 Å². The van der Waals surface area contributed by atoms with Crippen molar-refractivity contribution in [3.63, 3.8) is 0 Å². The number of benzene rings is 1. The summed E-state index contributed by atoms with van der Waals surface area (Å²) in [7, 11) is 0. The highest BCUT2D eigenvalue weighted by Crippen LogP contribution is 2.41. The van der Waals surface area contributed by atoms with Gasteiger partial charge in [-0.15, -0.1) is 0 Å². The molecular formula is C19H27N. The molecule has 0 fully saturated rings. The van der Waals surface area contributed by atoms with Gasteiger partial charge < -0.3 is 5.73 Å². The van der Waals surface area contributed by atoms with Crippen molar-refractivity contribution in [2.24, 2.45) is 11.7 Å². The minimum Gasteiger partial charge on any atom is -0.330 e. The van der Waals surface area contributed by atoms with E-state index in [2.05, 4.69) is 58.0 Å². The summed E-state index contributed by atoms with van der Waals surface area (Å²) in [4.78, 5) is 0. The van der Waals surface area contributed by atoms with Crippen molar-refractivity contribution >= 4 is 5.57 Å². The van der Waals surface area contributed by atoms with E-state index >= 15 is 0 Å². The van der Waals surface area contributed by atoms with E-state index in [-0.39, 0.29) is 0 Å². The minimum atomic E-state index is 0.563. The zero-order valence-electron chi connectivity index (χ0n) is 13.2. The van der Waals surface area contributed by atoms with Crippen LogP contribution in [0.4, 0.5) is 0 Å². The molecule has 1 heteroatoms. The standard InChI is InChI=1S/C19H27N/c1-5-16(10-11-20)17-8-6-7-9-18(17)19-14(3)12-13(2)15(19)4/h6-9,12-13,16H,5,10-11,20H2,1-4H3. The number of rotatable bonds is 5. The monoisotopic (exact) mass is 269 g/mol.